The van der Waals surface area contributed by atoms with Gasteiger partial charge in [0.05, 0.1) is 5.92 Å². The van der Waals surface area contributed by atoms with Crippen LogP contribution in [0.15, 0.2) is 18.2 Å². The summed E-state index contributed by atoms with van der Waals surface area (Å²) < 4.78 is 38.5. The molecule has 1 fully saturated rings. The first-order valence-corrected chi connectivity index (χ1v) is 6.53. The van der Waals surface area contributed by atoms with E-state index < -0.39 is 12.1 Å². The van der Waals surface area contributed by atoms with Crippen LogP contribution in [-0.2, 0) is 6.54 Å². The molecule has 1 unspecified atom stereocenters. The lowest BCUT2D eigenvalue weighted by Gasteiger charge is -2.36. The van der Waals surface area contributed by atoms with Crippen LogP contribution in [-0.4, -0.2) is 19.3 Å². The van der Waals surface area contributed by atoms with Crippen LogP contribution in [0.4, 0.5) is 18.9 Å². The van der Waals surface area contributed by atoms with Crippen molar-refractivity contribution in [2.45, 2.75) is 32.5 Å². The number of nitrogens with zero attached hydrogens (tertiary/aromatic N) is 1. The number of anilines is 1. The lowest BCUT2D eigenvalue weighted by Crippen LogP contribution is -2.42. The van der Waals surface area contributed by atoms with E-state index in [-0.39, 0.29) is 13.0 Å². The van der Waals surface area contributed by atoms with Crippen LogP contribution in [0.3, 0.4) is 0 Å². The molecule has 0 radical (unpaired) electrons. The minimum absolute atomic E-state index is 0.0416. The molecule has 1 saturated heterocycles. The highest BCUT2D eigenvalue weighted by atomic mass is 19.4. The third kappa shape index (κ3) is 3.21. The number of rotatable bonds is 2. The predicted molar refractivity (Wildman–Crippen MR) is 70.1 cm³/mol. The topological polar surface area (TPSA) is 29.3 Å². The van der Waals surface area contributed by atoms with E-state index in [1.54, 1.807) is 0 Å². The lowest BCUT2D eigenvalue weighted by atomic mass is 9.96. The standard InChI is InChI=1S/C14H19F3N2/c1-10-4-5-11(8-18)13(7-10)19-6-2-3-12(9-19)14(15,16)17/h4-5,7,12H,2-3,6,8-9,18H2,1H3. The molecule has 0 aromatic heterocycles. The summed E-state index contributed by atoms with van der Waals surface area (Å²) in [5.74, 6) is -1.23. The molecule has 1 atom stereocenters. The van der Waals surface area contributed by atoms with Crippen LogP contribution < -0.4 is 10.6 Å². The Balaban J connectivity index is 2.24. The molecule has 1 aromatic rings. The summed E-state index contributed by atoms with van der Waals surface area (Å²) >= 11 is 0. The van der Waals surface area contributed by atoms with Gasteiger partial charge in [0.2, 0.25) is 0 Å². The van der Waals surface area contributed by atoms with E-state index in [0.717, 1.165) is 16.8 Å². The van der Waals surface area contributed by atoms with Crippen LogP contribution in [0.2, 0.25) is 0 Å². The zero-order chi connectivity index (χ0) is 14.0. The van der Waals surface area contributed by atoms with E-state index in [2.05, 4.69) is 0 Å². The Morgan fingerprint density at radius 1 is 1.37 bits per heavy atom. The van der Waals surface area contributed by atoms with Crippen molar-refractivity contribution in [2.24, 2.45) is 11.7 Å². The van der Waals surface area contributed by atoms with Gasteiger partial charge in [-0.2, -0.15) is 13.2 Å². The molecule has 2 nitrogen and oxygen atoms in total. The summed E-state index contributed by atoms with van der Waals surface area (Å²) in [7, 11) is 0. The molecule has 1 aromatic carbocycles. The van der Waals surface area contributed by atoms with Crippen molar-refractivity contribution in [3.8, 4) is 0 Å². The maximum atomic E-state index is 12.8. The van der Waals surface area contributed by atoms with E-state index in [1.807, 2.05) is 30.0 Å². The van der Waals surface area contributed by atoms with Gasteiger partial charge in [-0.05, 0) is 37.0 Å². The predicted octanol–water partition coefficient (Wildman–Crippen LogP) is 3.23. The number of hydrogen-bond acceptors (Lipinski definition) is 2. The zero-order valence-electron chi connectivity index (χ0n) is 11.0. The van der Waals surface area contributed by atoms with Gasteiger partial charge in [-0.1, -0.05) is 12.1 Å². The van der Waals surface area contributed by atoms with Crippen LogP contribution in [0, 0.1) is 12.8 Å². The van der Waals surface area contributed by atoms with Crippen molar-refractivity contribution in [1.29, 1.82) is 0 Å². The molecule has 0 aliphatic carbocycles. The van der Waals surface area contributed by atoms with Gasteiger partial charge in [0.1, 0.15) is 0 Å². The van der Waals surface area contributed by atoms with E-state index in [1.165, 1.54) is 0 Å². The van der Waals surface area contributed by atoms with E-state index >= 15 is 0 Å². The molecule has 1 aliphatic heterocycles. The van der Waals surface area contributed by atoms with E-state index in [0.29, 0.717) is 19.5 Å². The smallest absolute Gasteiger partial charge is 0.371 e. The molecule has 0 bridgehead atoms. The molecular formula is C14H19F3N2. The van der Waals surface area contributed by atoms with Crippen LogP contribution in [0.1, 0.15) is 24.0 Å². The largest absolute Gasteiger partial charge is 0.393 e. The lowest BCUT2D eigenvalue weighted by molar-refractivity contribution is -0.175. The second-order valence-corrected chi connectivity index (χ2v) is 5.16. The molecule has 0 saturated carbocycles. The van der Waals surface area contributed by atoms with Gasteiger partial charge in [-0.3, -0.25) is 0 Å². The van der Waals surface area contributed by atoms with Crippen molar-refractivity contribution in [1.82, 2.24) is 0 Å². The maximum Gasteiger partial charge on any atom is 0.393 e. The van der Waals surface area contributed by atoms with Crippen LogP contribution in [0.25, 0.3) is 0 Å². The summed E-state index contributed by atoms with van der Waals surface area (Å²) in [5, 5.41) is 0. The summed E-state index contributed by atoms with van der Waals surface area (Å²) in [5.41, 5.74) is 8.49. The van der Waals surface area contributed by atoms with Crippen LogP contribution >= 0.6 is 0 Å². The Morgan fingerprint density at radius 3 is 2.74 bits per heavy atom. The number of benzene rings is 1. The molecule has 1 heterocycles. The van der Waals surface area contributed by atoms with Gasteiger partial charge in [0.15, 0.2) is 0 Å². The Morgan fingerprint density at radius 2 is 2.11 bits per heavy atom. The molecule has 0 spiro atoms. The summed E-state index contributed by atoms with van der Waals surface area (Å²) in [6.45, 7) is 3.00. The number of aryl methyl sites for hydroxylation is 1. The van der Waals surface area contributed by atoms with Crippen molar-refractivity contribution in [3.63, 3.8) is 0 Å². The first-order valence-electron chi connectivity index (χ1n) is 6.53. The second kappa shape index (κ2) is 5.41. The number of halogens is 3. The molecule has 19 heavy (non-hydrogen) atoms. The third-order valence-corrected chi connectivity index (χ3v) is 3.69. The van der Waals surface area contributed by atoms with Gasteiger partial charge >= 0.3 is 6.18 Å². The quantitative estimate of drug-likeness (QED) is 0.895. The maximum absolute atomic E-state index is 12.8. The molecular weight excluding hydrogens is 253 g/mol. The molecule has 106 valence electrons. The number of nitrogens with two attached hydrogens (primary N) is 1. The fourth-order valence-electron chi connectivity index (χ4n) is 2.60. The Hall–Kier alpha value is -1.23. The average molecular weight is 272 g/mol. The first-order chi connectivity index (χ1) is 8.91. The van der Waals surface area contributed by atoms with Gasteiger partial charge in [-0.15, -0.1) is 0 Å². The zero-order valence-corrected chi connectivity index (χ0v) is 11.0. The Bertz CT molecular complexity index is 443. The summed E-state index contributed by atoms with van der Waals surface area (Å²) in [6, 6.07) is 5.78. The highest BCUT2D eigenvalue weighted by molar-refractivity contribution is 5.55. The SMILES string of the molecule is Cc1ccc(CN)c(N2CCCC(C(F)(F)F)C2)c1. The second-order valence-electron chi connectivity index (χ2n) is 5.16. The molecule has 1 aliphatic rings. The average Bonchev–Trinajstić information content (AvgIpc) is 2.38. The molecule has 0 amide bonds. The fraction of sp³-hybridized carbons (Fsp3) is 0.571. The van der Waals surface area contributed by atoms with Gasteiger partial charge < -0.3 is 10.6 Å². The molecule has 5 heteroatoms. The Kier molecular flexibility index (Phi) is 4.04. The van der Waals surface area contributed by atoms with Crippen molar-refractivity contribution in [3.05, 3.63) is 29.3 Å². The van der Waals surface area contributed by atoms with E-state index in [9.17, 15) is 13.2 Å². The van der Waals surface area contributed by atoms with E-state index in [4.69, 9.17) is 5.73 Å². The highest BCUT2D eigenvalue weighted by Gasteiger charge is 2.42. The normalized spacial score (nSPS) is 20.7. The van der Waals surface area contributed by atoms with Gasteiger partial charge in [-0.25, -0.2) is 0 Å². The number of hydrogen-bond donors (Lipinski definition) is 1. The van der Waals surface area contributed by atoms with Crippen molar-refractivity contribution >= 4 is 5.69 Å². The minimum atomic E-state index is -4.11. The highest BCUT2D eigenvalue weighted by Crippen LogP contribution is 2.35. The van der Waals surface area contributed by atoms with Crippen molar-refractivity contribution < 1.29 is 13.2 Å². The summed E-state index contributed by atoms with van der Waals surface area (Å²) in [4.78, 5) is 1.83. The fourth-order valence-corrected chi connectivity index (χ4v) is 2.60. The minimum Gasteiger partial charge on any atom is -0.371 e. The third-order valence-electron chi connectivity index (χ3n) is 3.69. The molecule has 2 rings (SSSR count). The van der Waals surface area contributed by atoms with Gasteiger partial charge in [0, 0.05) is 25.3 Å². The van der Waals surface area contributed by atoms with Crippen molar-refractivity contribution in [2.75, 3.05) is 18.0 Å². The molecule has 2 N–H and O–H groups in total. The first kappa shape index (κ1) is 14.2. The monoisotopic (exact) mass is 272 g/mol. The number of alkyl halides is 3. The summed E-state index contributed by atoms with van der Waals surface area (Å²) in [6.07, 6.45) is -3.31. The van der Waals surface area contributed by atoms with Crippen LogP contribution in [0.5, 0.6) is 0 Å². The Labute approximate surface area is 111 Å². The number of piperidine rings is 1. The van der Waals surface area contributed by atoms with Gasteiger partial charge in [0.25, 0.3) is 0 Å².